The molecule has 3 unspecified atom stereocenters. The van der Waals surface area contributed by atoms with Crippen LogP contribution in [-0.2, 0) is 27.9 Å². The van der Waals surface area contributed by atoms with Gasteiger partial charge in [-0.15, -0.1) is 0 Å². The number of phosphoric ester groups is 1. The second kappa shape index (κ2) is 54.3. The molecular formula is C65H115N2O7P. The monoisotopic (exact) mass is 1070 g/mol. The fraction of sp³-hybridized carbons (Fsp3) is 0.723. The molecule has 0 aliphatic carbocycles. The first-order valence-electron chi connectivity index (χ1n) is 30.5. The zero-order valence-electron chi connectivity index (χ0n) is 49.2. The molecule has 0 saturated carbocycles. The van der Waals surface area contributed by atoms with Crippen LogP contribution in [0.25, 0.3) is 0 Å². The van der Waals surface area contributed by atoms with E-state index in [0.717, 1.165) is 89.9 Å². The van der Waals surface area contributed by atoms with Crippen LogP contribution in [0.5, 0.6) is 0 Å². The van der Waals surface area contributed by atoms with Gasteiger partial charge in [-0.3, -0.25) is 14.2 Å². The van der Waals surface area contributed by atoms with Gasteiger partial charge in [-0.25, -0.2) is 0 Å². The molecule has 75 heavy (non-hydrogen) atoms. The van der Waals surface area contributed by atoms with Crippen LogP contribution in [0.2, 0.25) is 0 Å². The zero-order chi connectivity index (χ0) is 55.0. The van der Waals surface area contributed by atoms with Crippen molar-refractivity contribution < 1.29 is 37.3 Å². The summed E-state index contributed by atoms with van der Waals surface area (Å²) in [4.78, 5) is 39.9. The Morgan fingerprint density at radius 2 is 0.867 bits per heavy atom. The number of unbranched alkanes of at least 4 members (excludes halogenated alkanes) is 24. The molecule has 0 rings (SSSR count). The van der Waals surface area contributed by atoms with Crippen molar-refractivity contribution in [3.05, 3.63) is 97.2 Å². The molecule has 0 radical (unpaired) electrons. The molecule has 0 bridgehead atoms. The number of carbonyl (C=O) groups excluding carboxylic acids is 2. The summed E-state index contributed by atoms with van der Waals surface area (Å²) in [5.74, 6) is -0.615. The van der Waals surface area contributed by atoms with Crippen molar-refractivity contribution in [1.29, 1.82) is 0 Å². The third-order valence-corrected chi connectivity index (χ3v) is 14.0. The highest BCUT2D eigenvalue weighted by Gasteiger charge is 2.27. The molecule has 0 aromatic carbocycles. The maximum absolute atomic E-state index is 13.5. The lowest BCUT2D eigenvalue weighted by molar-refractivity contribution is -0.870. The normalized spacial score (nSPS) is 14.4. The van der Waals surface area contributed by atoms with Crippen molar-refractivity contribution in [2.75, 3.05) is 40.9 Å². The molecule has 0 aliphatic heterocycles. The van der Waals surface area contributed by atoms with Gasteiger partial charge in [0, 0.05) is 12.8 Å². The van der Waals surface area contributed by atoms with E-state index in [4.69, 9.17) is 13.8 Å². The number of rotatable bonds is 54. The van der Waals surface area contributed by atoms with E-state index < -0.39 is 32.5 Å². The number of nitrogens with one attached hydrogen (secondary N) is 1. The summed E-state index contributed by atoms with van der Waals surface area (Å²) >= 11 is 0. The first-order valence-corrected chi connectivity index (χ1v) is 32.0. The Labute approximate surface area is 462 Å². The second-order valence-corrected chi connectivity index (χ2v) is 22.9. The summed E-state index contributed by atoms with van der Waals surface area (Å²) in [5.41, 5.74) is 0. The minimum Gasteiger partial charge on any atom is -0.756 e. The van der Waals surface area contributed by atoms with E-state index in [2.05, 4.69) is 111 Å². The Morgan fingerprint density at radius 3 is 1.33 bits per heavy atom. The highest BCUT2D eigenvalue weighted by Crippen LogP contribution is 2.38. The van der Waals surface area contributed by atoms with Gasteiger partial charge in [-0.2, -0.15) is 0 Å². The molecule has 432 valence electrons. The molecule has 10 heteroatoms. The highest BCUT2D eigenvalue weighted by atomic mass is 31.2. The lowest BCUT2D eigenvalue weighted by atomic mass is 10.0. The molecule has 0 heterocycles. The SMILES string of the molecule is CC/C=C\C/C=C\C/C=C\C/C=C\C/C=C\CCCC(=O)OC(/C=C\CCCCCCCCCCC)C(COP(=O)([O-])OCC[N+](C)(C)C)NC(=O)CCCCCCCCCCCCC/C=C\C/C=C\CCCCC. The van der Waals surface area contributed by atoms with Crippen molar-refractivity contribution >= 4 is 19.7 Å². The van der Waals surface area contributed by atoms with Crippen LogP contribution in [0, 0.1) is 0 Å². The van der Waals surface area contributed by atoms with Gasteiger partial charge in [0.15, 0.2) is 0 Å². The number of quaternary nitrogens is 1. The smallest absolute Gasteiger partial charge is 0.306 e. The number of hydrogen-bond donors (Lipinski definition) is 1. The summed E-state index contributed by atoms with van der Waals surface area (Å²) in [5, 5.41) is 3.01. The summed E-state index contributed by atoms with van der Waals surface area (Å²) < 4.78 is 30.2. The standard InChI is InChI=1S/C65H115N2O7P/c1-7-10-13-16-19-22-25-27-29-31-32-33-34-36-37-39-42-45-48-51-54-57-64(68)66-62(61-73-75(70,71)72-60-59-67(4,5)6)63(56-53-50-47-44-41-24-21-18-15-12-9-3)74-65(69)58-55-52-49-46-43-40-38-35-30-28-26-23-20-17-14-11-8-2/h11,14,19-20,22-23,27-30,38,40,46,49,53,56,62-63H,7-10,12-13,15-18,21,24-26,31-37,39,41-45,47-48,50-52,54-55,57-61H2,1-6H3,(H-,66,68,70,71)/b14-11-,22-19-,23-20-,29-27-,30-28-,40-38-,49-46-,56-53-. The molecule has 1 amide bonds. The average Bonchev–Trinajstić information content (AvgIpc) is 3.37. The minimum atomic E-state index is -4.71. The van der Waals surface area contributed by atoms with Crippen LogP contribution < -0.4 is 10.2 Å². The summed E-state index contributed by atoms with van der Waals surface area (Å²) in [6, 6.07) is -0.917. The van der Waals surface area contributed by atoms with E-state index in [9.17, 15) is 19.0 Å². The van der Waals surface area contributed by atoms with Gasteiger partial charge in [-0.05, 0) is 102 Å². The number of ether oxygens (including phenoxy) is 1. The zero-order valence-corrected chi connectivity index (χ0v) is 50.1. The van der Waals surface area contributed by atoms with Gasteiger partial charge in [0.05, 0.1) is 33.8 Å². The van der Waals surface area contributed by atoms with Gasteiger partial charge in [0.1, 0.15) is 19.3 Å². The van der Waals surface area contributed by atoms with Crippen molar-refractivity contribution in [3.8, 4) is 0 Å². The van der Waals surface area contributed by atoms with Crippen molar-refractivity contribution in [2.45, 2.75) is 264 Å². The van der Waals surface area contributed by atoms with Crippen molar-refractivity contribution in [1.82, 2.24) is 5.32 Å². The van der Waals surface area contributed by atoms with Crippen LogP contribution in [0.4, 0.5) is 0 Å². The lowest BCUT2D eigenvalue weighted by Gasteiger charge is -2.30. The average molecular weight is 1070 g/mol. The Morgan fingerprint density at radius 1 is 0.480 bits per heavy atom. The quantitative estimate of drug-likeness (QED) is 0.0212. The number of likely N-dealkylation sites (N-methyl/N-ethyl adjacent to an activating group) is 1. The molecule has 0 spiro atoms. The van der Waals surface area contributed by atoms with E-state index in [1.54, 1.807) is 0 Å². The number of amides is 1. The van der Waals surface area contributed by atoms with Crippen LogP contribution in [0.1, 0.15) is 252 Å². The first-order chi connectivity index (χ1) is 36.4. The Kier molecular flexibility index (Phi) is 52.1. The van der Waals surface area contributed by atoms with Crippen LogP contribution in [-0.4, -0.2) is 69.4 Å². The largest absolute Gasteiger partial charge is 0.756 e. The van der Waals surface area contributed by atoms with E-state index in [1.165, 1.54) is 122 Å². The van der Waals surface area contributed by atoms with Crippen LogP contribution in [0.3, 0.4) is 0 Å². The second-order valence-electron chi connectivity index (χ2n) is 21.5. The van der Waals surface area contributed by atoms with E-state index >= 15 is 0 Å². The van der Waals surface area contributed by atoms with Gasteiger partial charge < -0.3 is 28.5 Å². The Hall–Kier alpha value is -3.07. The minimum absolute atomic E-state index is 0.0355. The Bertz CT molecular complexity index is 1610. The Balaban J connectivity index is 5.29. The lowest BCUT2D eigenvalue weighted by Crippen LogP contribution is -2.47. The first kappa shape index (κ1) is 71.9. The predicted octanol–water partition coefficient (Wildman–Crippen LogP) is 18.1. The number of esters is 1. The highest BCUT2D eigenvalue weighted by molar-refractivity contribution is 7.45. The van der Waals surface area contributed by atoms with Gasteiger partial charge >= 0.3 is 5.97 Å². The van der Waals surface area contributed by atoms with Crippen molar-refractivity contribution in [2.24, 2.45) is 0 Å². The van der Waals surface area contributed by atoms with Gasteiger partial charge in [0.2, 0.25) is 5.91 Å². The van der Waals surface area contributed by atoms with Crippen LogP contribution in [0.15, 0.2) is 97.2 Å². The molecule has 1 N–H and O–H groups in total. The predicted molar refractivity (Wildman–Crippen MR) is 321 cm³/mol. The topological polar surface area (TPSA) is 114 Å². The summed E-state index contributed by atoms with van der Waals surface area (Å²) in [6.45, 7) is 6.65. The third-order valence-electron chi connectivity index (χ3n) is 13.0. The van der Waals surface area contributed by atoms with E-state index in [0.29, 0.717) is 23.9 Å². The fourth-order valence-corrected chi connectivity index (χ4v) is 9.02. The van der Waals surface area contributed by atoms with Gasteiger partial charge in [0.25, 0.3) is 7.82 Å². The summed E-state index contributed by atoms with van der Waals surface area (Å²) in [6.07, 6.45) is 72.4. The summed E-state index contributed by atoms with van der Waals surface area (Å²) in [7, 11) is 1.14. The number of allylic oxidation sites excluding steroid dienone is 15. The maximum atomic E-state index is 13.5. The van der Waals surface area contributed by atoms with E-state index in [-0.39, 0.29) is 18.9 Å². The van der Waals surface area contributed by atoms with Gasteiger partial charge in [-0.1, -0.05) is 234 Å². The van der Waals surface area contributed by atoms with Crippen molar-refractivity contribution in [3.63, 3.8) is 0 Å². The number of carbonyl (C=O) groups is 2. The molecule has 0 aromatic heterocycles. The molecule has 0 fully saturated rings. The number of phosphoric acid groups is 1. The van der Waals surface area contributed by atoms with E-state index in [1.807, 2.05) is 33.3 Å². The maximum Gasteiger partial charge on any atom is 0.306 e. The number of nitrogens with zero attached hydrogens (tertiary/aromatic N) is 1. The molecule has 0 aromatic rings. The third kappa shape index (κ3) is 55.5. The molecular weight excluding hydrogens is 952 g/mol. The number of hydrogen-bond acceptors (Lipinski definition) is 7. The molecule has 9 nitrogen and oxygen atoms in total. The fourth-order valence-electron chi connectivity index (χ4n) is 8.29. The molecule has 3 atom stereocenters. The molecule has 0 aliphatic rings. The molecule has 0 saturated heterocycles. The van der Waals surface area contributed by atoms with Crippen LogP contribution >= 0.6 is 7.82 Å².